The zero-order chi connectivity index (χ0) is 18.1. The van der Waals surface area contributed by atoms with Crippen molar-refractivity contribution in [3.05, 3.63) is 29.2 Å². The second kappa shape index (κ2) is 6.93. The first-order chi connectivity index (χ1) is 12.7. The standard InChI is InChI=1S/C18H24N6O2/c1-22-16(13-5-3-4-6-14(13)21-22)17(25)23-9-11-24(12-10-23)18-19-8-7-15(20-18)26-2/h7-8H,3-6,9-12H2,1-2H3. The van der Waals surface area contributed by atoms with Gasteiger partial charge >= 0.3 is 0 Å². The number of hydrogen-bond donors (Lipinski definition) is 0. The summed E-state index contributed by atoms with van der Waals surface area (Å²) in [5, 5.41) is 4.57. The first-order valence-corrected chi connectivity index (χ1v) is 9.13. The third-order valence-electron chi connectivity index (χ3n) is 5.20. The second-order valence-electron chi connectivity index (χ2n) is 6.78. The summed E-state index contributed by atoms with van der Waals surface area (Å²) in [7, 11) is 3.48. The lowest BCUT2D eigenvalue weighted by molar-refractivity contribution is 0.0734. The third-order valence-corrected chi connectivity index (χ3v) is 5.20. The van der Waals surface area contributed by atoms with E-state index in [-0.39, 0.29) is 5.91 Å². The average Bonchev–Trinajstić information content (AvgIpc) is 3.03. The maximum Gasteiger partial charge on any atom is 0.272 e. The van der Waals surface area contributed by atoms with Crippen molar-refractivity contribution in [2.24, 2.45) is 7.05 Å². The van der Waals surface area contributed by atoms with Gasteiger partial charge in [0, 0.05) is 51.1 Å². The second-order valence-corrected chi connectivity index (χ2v) is 6.78. The van der Waals surface area contributed by atoms with Crippen molar-refractivity contribution in [3.63, 3.8) is 0 Å². The minimum atomic E-state index is 0.0920. The Labute approximate surface area is 152 Å². The number of methoxy groups -OCH3 is 1. The van der Waals surface area contributed by atoms with Crippen molar-refractivity contribution in [1.29, 1.82) is 0 Å². The molecule has 26 heavy (non-hydrogen) atoms. The molecule has 1 saturated heterocycles. The predicted octanol–water partition coefficient (Wildman–Crippen LogP) is 1.06. The quantitative estimate of drug-likeness (QED) is 0.819. The summed E-state index contributed by atoms with van der Waals surface area (Å²) in [6.45, 7) is 2.72. The lowest BCUT2D eigenvalue weighted by Crippen LogP contribution is -2.49. The fourth-order valence-corrected chi connectivity index (χ4v) is 3.81. The maximum absolute atomic E-state index is 13.1. The van der Waals surface area contributed by atoms with Crippen molar-refractivity contribution in [2.75, 3.05) is 38.2 Å². The van der Waals surface area contributed by atoms with Crippen LogP contribution in [0.15, 0.2) is 12.3 Å². The lowest BCUT2D eigenvalue weighted by atomic mass is 9.95. The highest BCUT2D eigenvalue weighted by molar-refractivity contribution is 5.94. The molecule has 1 aliphatic heterocycles. The van der Waals surface area contributed by atoms with Gasteiger partial charge in [0.05, 0.1) is 12.8 Å². The highest BCUT2D eigenvalue weighted by atomic mass is 16.5. The number of hydrogen-bond acceptors (Lipinski definition) is 6. The number of aryl methyl sites for hydroxylation is 2. The summed E-state index contributed by atoms with van der Waals surface area (Å²) < 4.78 is 6.94. The normalized spacial score (nSPS) is 17.2. The number of anilines is 1. The molecular weight excluding hydrogens is 332 g/mol. The summed E-state index contributed by atoms with van der Waals surface area (Å²) in [5.41, 5.74) is 3.03. The molecule has 2 aliphatic rings. The number of carbonyl (C=O) groups is 1. The van der Waals surface area contributed by atoms with E-state index in [1.54, 1.807) is 24.1 Å². The molecule has 1 amide bonds. The van der Waals surface area contributed by atoms with Crippen LogP contribution in [-0.2, 0) is 19.9 Å². The molecule has 8 nitrogen and oxygen atoms in total. The van der Waals surface area contributed by atoms with Crippen molar-refractivity contribution in [1.82, 2.24) is 24.6 Å². The van der Waals surface area contributed by atoms with E-state index < -0.39 is 0 Å². The number of nitrogens with zero attached hydrogens (tertiary/aromatic N) is 6. The average molecular weight is 356 g/mol. The Morgan fingerprint density at radius 2 is 1.92 bits per heavy atom. The third kappa shape index (κ3) is 3.00. The van der Waals surface area contributed by atoms with Gasteiger partial charge < -0.3 is 14.5 Å². The van der Waals surface area contributed by atoms with E-state index >= 15 is 0 Å². The molecule has 1 fully saturated rings. The van der Waals surface area contributed by atoms with Gasteiger partial charge in [-0.3, -0.25) is 9.48 Å². The van der Waals surface area contributed by atoms with Crippen LogP contribution in [0.3, 0.4) is 0 Å². The van der Waals surface area contributed by atoms with Crippen LogP contribution in [0.1, 0.15) is 34.6 Å². The molecule has 0 spiro atoms. The molecule has 2 aromatic heterocycles. The number of aromatic nitrogens is 4. The first kappa shape index (κ1) is 16.8. The molecule has 0 unspecified atom stereocenters. The molecule has 0 N–H and O–H groups in total. The number of amides is 1. The molecule has 0 saturated carbocycles. The topological polar surface area (TPSA) is 76.4 Å². The van der Waals surface area contributed by atoms with Gasteiger partial charge in [0.25, 0.3) is 5.91 Å². The molecule has 1 aliphatic carbocycles. The summed E-state index contributed by atoms with van der Waals surface area (Å²) in [6.07, 6.45) is 5.94. The van der Waals surface area contributed by atoms with Gasteiger partial charge in [-0.15, -0.1) is 0 Å². The van der Waals surface area contributed by atoms with E-state index in [9.17, 15) is 4.79 Å². The highest BCUT2D eigenvalue weighted by Gasteiger charge is 2.29. The number of rotatable bonds is 3. The predicted molar refractivity (Wildman–Crippen MR) is 96.6 cm³/mol. The summed E-state index contributed by atoms with van der Waals surface area (Å²) >= 11 is 0. The van der Waals surface area contributed by atoms with Crippen LogP contribution in [0.2, 0.25) is 0 Å². The maximum atomic E-state index is 13.1. The number of carbonyl (C=O) groups excluding carboxylic acids is 1. The van der Waals surface area contributed by atoms with Crippen LogP contribution < -0.4 is 9.64 Å². The molecule has 0 aromatic carbocycles. The Kier molecular flexibility index (Phi) is 4.48. The molecule has 0 radical (unpaired) electrons. The van der Waals surface area contributed by atoms with E-state index in [2.05, 4.69) is 20.0 Å². The van der Waals surface area contributed by atoms with Crippen molar-refractivity contribution in [2.45, 2.75) is 25.7 Å². The van der Waals surface area contributed by atoms with Crippen LogP contribution in [-0.4, -0.2) is 63.8 Å². The number of ether oxygens (including phenoxy) is 1. The van der Waals surface area contributed by atoms with Crippen LogP contribution in [0.5, 0.6) is 5.88 Å². The largest absolute Gasteiger partial charge is 0.481 e. The van der Waals surface area contributed by atoms with E-state index in [0.717, 1.165) is 42.6 Å². The van der Waals surface area contributed by atoms with Crippen molar-refractivity contribution in [3.8, 4) is 5.88 Å². The molecule has 8 heteroatoms. The molecule has 138 valence electrons. The smallest absolute Gasteiger partial charge is 0.272 e. The van der Waals surface area contributed by atoms with Gasteiger partial charge in [0.1, 0.15) is 5.69 Å². The van der Waals surface area contributed by atoms with E-state index in [0.29, 0.717) is 38.0 Å². The Bertz CT molecular complexity index is 810. The Hall–Kier alpha value is -2.64. The monoisotopic (exact) mass is 356 g/mol. The Morgan fingerprint density at radius 1 is 1.15 bits per heavy atom. The first-order valence-electron chi connectivity index (χ1n) is 9.13. The van der Waals surface area contributed by atoms with Gasteiger partial charge in [-0.25, -0.2) is 4.98 Å². The van der Waals surface area contributed by atoms with Gasteiger partial charge in [0.2, 0.25) is 11.8 Å². The molecule has 0 atom stereocenters. The van der Waals surface area contributed by atoms with Gasteiger partial charge in [0.15, 0.2) is 0 Å². The van der Waals surface area contributed by atoms with Crippen LogP contribution in [0.25, 0.3) is 0 Å². The highest BCUT2D eigenvalue weighted by Crippen LogP contribution is 2.25. The Morgan fingerprint density at radius 3 is 2.69 bits per heavy atom. The zero-order valence-electron chi connectivity index (χ0n) is 15.3. The van der Waals surface area contributed by atoms with Gasteiger partial charge in [-0.1, -0.05) is 0 Å². The Balaban J connectivity index is 1.46. The van der Waals surface area contributed by atoms with Crippen LogP contribution in [0.4, 0.5) is 5.95 Å². The fourth-order valence-electron chi connectivity index (χ4n) is 3.81. The zero-order valence-corrected chi connectivity index (χ0v) is 15.3. The molecule has 2 aromatic rings. The number of piperazine rings is 1. The van der Waals surface area contributed by atoms with E-state index in [1.807, 2.05) is 11.9 Å². The van der Waals surface area contributed by atoms with E-state index in [4.69, 9.17) is 4.74 Å². The van der Waals surface area contributed by atoms with Crippen LogP contribution >= 0.6 is 0 Å². The van der Waals surface area contributed by atoms with Crippen molar-refractivity contribution < 1.29 is 9.53 Å². The molecular formula is C18H24N6O2. The van der Waals surface area contributed by atoms with Gasteiger partial charge in [-0.05, 0) is 25.7 Å². The number of fused-ring (bicyclic) bond motifs is 1. The summed E-state index contributed by atoms with van der Waals surface area (Å²) in [4.78, 5) is 25.8. The SMILES string of the molecule is COc1ccnc(N2CCN(C(=O)c3c4c(nn3C)CCCC4)CC2)n1. The summed E-state index contributed by atoms with van der Waals surface area (Å²) in [6, 6.07) is 1.73. The van der Waals surface area contributed by atoms with Gasteiger partial charge in [-0.2, -0.15) is 10.1 Å². The minimum absolute atomic E-state index is 0.0920. The lowest BCUT2D eigenvalue weighted by Gasteiger charge is -2.34. The molecule has 3 heterocycles. The molecule has 4 rings (SSSR count). The van der Waals surface area contributed by atoms with Crippen molar-refractivity contribution >= 4 is 11.9 Å². The molecule has 0 bridgehead atoms. The minimum Gasteiger partial charge on any atom is -0.481 e. The fraction of sp³-hybridized carbons (Fsp3) is 0.556. The van der Waals surface area contributed by atoms with E-state index in [1.165, 1.54) is 0 Å². The van der Waals surface area contributed by atoms with Crippen LogP contribution in [0, 0.1) is 0 Å². The summed E-state index contributed by atoms with van der Waals surface area (Å²) in [5.74, 6) is 1.29.